The van der Waals surface area contributed by atoms with Gasteiger partial charge >= 0.3 is 12.0 Å². The molecule has 0 aromatic carbocycles. The lowest BCUT2D eigenvalue weighted by Crippen LogP contribution is -2.53. The SMILES string of the molecule is CC(C(=O)NC(=O)NC(C)(C)C)N1CCCC(N(C)CC(=O)O)CC1.Cl. The van der Waals surface area contributed by atoms with Crippen molar-refractivity contribution in [3.63, 3.8) is 0 Å². The molecular formula is C17H33ClN4O4. The average Bonchev–Trinajstić information content (AvgIpc) is 2.69. The molecule has 0 radical (unpaired) electrons. The summed E-state index contributed by atoms with van der Waals surface area (Å²) in [7, 11) is 1.82. The number of aliphatic carboxylic acids is 1. The Morgan fingerprint density at radius 2 is 1.85 bits per heavy atom. The minimum Gasteiger partial charge on any atom is -0.480 e. The summed E-state index contributed by atoms with van der Waals surface area (Å²) in [5, 5.41) is 14.0. The number of imide groups is 1. The van der Waals surface area contributed by atoms with Gasteiger partial charge in [-0.2, -0.15) is 0 Å². The molecule has 0 aromatic heterocycles. The highest BCUT2D eigenvalue weighted by atomic mass is 35.5. The Balaban J connectivity index is 0.00000625. The molecule has 1 heterocycles. The number of likely N-dealkylation sites (N-methyl/N-ethyl adjacent to an activating group) is 1. The second kappa shape index (κ2) is 10.7. The molecule has 0 saturated carbocycles. The van der Waals surface area contributed by atoms with Crippen LogP contribution in [0.15, 0.2) is 0 Å². The molecule has 2 atom stereocenters. The van der Waals surface area contributed by atoms with Crippen LogP contribution in [0.2, 0.25) is 0 Å². The topological polar surface area (TPSA) is 102 Å². The van der Waals surface area contributed by atoms with E-state index in [-0.39, 0.29) is 30.9 Å². The first-order valence-electron chi connectivity index (χ1n) is 8.78. The number of hydrogen-bond acceptors (Lipinski definition) is 5. The Morgan fingerprint density at radius 3 is 2.38 bits per heavy atom. The summed E-state index contributed by atoms with van der Waals surface area (Å²) in [4.78, 5) is 38.9. The molecule has 26 heavy (non-hydrogen) atoms. The first-order chi connectivity index (χ1) is 11.5. The van der Waals surface area contributed by atoms with Crippen LogP contribution in [-0.4, -0.2) is 77.1 Å². The van der Waals surface area contributed by atoms with Crippen molar-refractivity contribution in [1.29, 1.82) is 0 Å². The number of carboxylic acids is 1. The summed E-state index contributed by atoms with van der Waals surface area (Å²) in [6, 6.07) is -0.701. The number of carbonyl (C=O) groups excluding carboxylic acids is 2. The second-order valence-corrected chi connectivity index (χ2v) is 7.80. The lowest BCUT2D eigenvalue weighted by atomic mass is 10.1. The number of nitrogens with zero attached hydrogens (tertiary/aromatic N) is 2. The van der Waals surface area contributed by atoms with E-state index < -0.39 is 23.6 Å². The van der Waals surface area contributed by atoms with Gasteiger partial charge in [0.15, 0.2) is 0 Å². The van der Waals surface area contributed by atoms with Crippen molar-refractivity contribution in [2.45, 2.75) is 64.6 Å². The van der Waals surface area contributed by atoms with Gasteiger partial charge in [-0.05, 0) is 60.5 Å². The zero-order chi connectivity index (χ0) is 19.2. The number of halogens is 1. The third-order valence-corrected chi connectivity index (χ3v) is 4.39. The van der Waals surface area contributed by atoms with Crippen LogP contribution in [0.1, 0.15) is 47.0 Å². The van der Waals surface area contributed by atoms with Crippen LogP contribution < -0.4 is 10.6 Å². The fraction of sp³-hybridized carbons (Fsp3) is 0.824. The van der Waals surface area contributed by atoms with E-state index in [1.54, 1.807) is 6.92 Å². The quantitative estimate of drug-likeness (QED) is 0.651. The number of likely N-dealkylation sites (tertiary alicyclic amines) is 1. The summed E-state index contributed by atoms with van der Waals surface area (Å²) in [6.07, 6.45) is 2.59. The zero-order valence-corrected chi connectivity index (χ0v) is 17.2. The van der Waals surface area contributed by atoms with E-state index in [2.05, 4.69) is 10.6 Å². The largest absolute Gasteiger partial charge is 0.480 e. The van der Waals surface area contributed by atoms with E-state index in [0.29, 0.717) is 6.54 Å². The molecule has 0 bridgehead atoms. The minimum absolute atomic E-state index is 0. The van der Waals surface area contributed by atoms with Crippen molar-refractivity contribution in [3.8, 4) is 0 Å². The Labute approximate surface area is 162 Å². The highest BCUT2D eigenvalue weighted by molar-refractivity contribution is 5.97. The van der Waals surface area contributed by atoms with Gasteiger partial charge in [-0.15, -0.1) is 12.4 Å². The molecule has 1 saturated heterocycles. The average molecular weight is 393 g/mol. The van der Waals surface area contributed by atoms with Crippen LogP contribution in [0.5, 0.6) is 0 Å². The molecule has 1 aliphatic heterocycles. The molecule has 2 unspecified atom stereocenters. The van der Waals surface area contributed by atoms with Crippen LogP contribution >= 0.6 is 12.4 Å². The molecule has 1 aliphatic rings. The Morgan fingerprint density at radius 1 is 1.23 bits per heavy atom. The number of nitrogens with one attached hydrogen (secondary N) is 2. The molecule has 1 fully saturated rings. The number of urea groups is 1. The van der Waals surface area contributed by atoms with E-state index in [1.165, 1.54) is 0 Å². The number of amides is 3. The summed E-state index contributed by atoms with van der Waals surface area (Å²) in [5.41, 5.74) is -0.405. The predicted molar refractivity (Wildman–Crippen MR) is 103 cm³/mol. The molecule has 1 rings (SSSR count). The molecule has 152 valence electrons. The van der Waals surface area contributed by atoms with E-state index in [1.807, 2.05) is 37.6 Å². The second-order valence-electron chi connectivity index (χ2n) is 7.80. The number of carbonyl (C=O) groups is 3. The first kappa shape index (κ1) is 24.6. The molecule has 8 nitrogen and oxygen atoms in total. The van der Waals surface area contributed by atoms with Gasteiger partial charge in [-0.25, -0.2) is 4.79 Å². The Hall–Kier alpha value is -1.38. The van der Waals surface area contributed by atoms with Crippen LogP contribution in [0.3, 0.4) is 0 Å². The normalized spacial score (nSPS) is 19.8. The lowest BCUT2D eigenvalue weighted by Gasteiger charge is -2.28. The van der Waals surface area contributed by atoms with Crippen molar-refractivity contribution >= 4 is 30.3 Å². The number of hydrogen-bond donors (Lipinski definition) is 3. The summed E-state index contributed by atoms with van der Waals surface area (Å²) in [5.74, 6) is -1.15. The molecule has 0 aliphatic carbocycles. The van der Waals surface area contributed by atoms with Crippen LogP contribution in [-0.2, 0) is 9.59 Å². The van der Waals surface area contributed by atoms with Crippen LogP contribution in [0.25, 0.3) is 0 Å². The van der Waals surface area contributed by atoms with Crippen molar-refractivity contribution < 1.29 is 19.5 Å². The van der Waals surface area contributed by atoms with Gasteiger partial charge in [-0.1, -0.05) is 0 Å². The van der Waals surface area contributed by atoms with E-state index >= 15 is 0 Å². The smallest absolute Gasteiger partial charge is 0.321 e. The highest BCUT2D eigenvalue weighted by Crippen LogP contribution is 2.17. The molecular weight excluding hydrogens is 360 g/mol. The van der Waals surface area contributed by atoms with E-state index in [4.69, 9.17) is 5.11 Å². The third kappa shape index (κ3) is 8.82. The maximum atomic E-state index is 12.3. The lowest BCUT2D eigenvalue weighted by molar-refractivity contribution is -0.138. The monoisotopic (exact) mass is 392 g/mol. The van der Waals surface area contributed by atoms with Gasteiger partial charge in [-0.3, -0.25) is 24.7 Å². The summed E-state index contributed by atoms with van der Waals surface area (Å²) >= 11 is 0. The van der Waals surface area contributed by atoms with E-state index in [0.717, 1.165) is 25.8 Å². The first-order valence-corrected chi connectivity index (χ1v) is 8.78. The zero-order valence-electron chi connectivity index (χ0n) is 16.4. The standard InChI is InChI=1S/C17H32N4O4.ClH/c1-12(15(24)18-16(25)19-17(2,3)4)21-9-6-7-13(8-10-21)20(5)11-14(22)23;/h12-13H,6-11H2,1-5H3,(H,22,23)(H2,18,19,24,25);1H. The van der Waals surface area contributed by atoms with E-state index in [9.17, 15) is 14.4 Å². The van der Waals surface area contributed by atoms with Crippen molar-refractivity contribution in [1.82, 2.24) is 20.4 Å². The number of rotatable bonds is 5. The van der Waals surface area contributed by atoms with Crippen molar-refractivity contribution in [3.05, 3.63) is 0 Å². The summed E-state index contributed by atoms with van der Waals surface area (Å²) in [6.45, 7) is 8.82. The molecule has 9 heteroatoms. The van der Waals surface area contributed by atoms with Gasteiger partial charge in [0.25, 0.3) is 0 Å². The molecule has 3 amide bonds. The number of carboxylic acid groups (broad SMARTS) is 1. The van der Waals surface area contributed by atoms with Gasteiger partial charge in [0.05, 0.1) is 12.6 Å². The Bertz CT molecular complexity index is 496. The fourth-order valence-electron chi connectivity index (χ4n) is 3.03. The minimum atomic E-state index is -0.832. The van der Waals surface area contributed by atoms with Gasteiger partial charge in [0.1, 0.15) is 0 Å². The van der Waals surface area contributed by atoms with Crippen LogP contribution in [0, 0.1) is 0 Å². The summed E-state index contributed by atoms with van der Waals surface area (Å²) < 4.78 is 0. The van der Waals surface area contributed by atoms with Gasteiger partial charge < -0.3 is 10.4 Å². The van der Waals surface area contributed by atoms with Gasteiger partial charge in [0, 0.05) is 18.1 Å². The van der Waals surface area contributed by atoms with Crippen LogP contribution in [0.4, 0.5) is 4.79 Å². The van der Waals surface area contributed by atoms with Crippen molar-refractivity contribution in [2.75, 3.05) is 26.7 Å². The highest BCUT2D eigenvalue weighted by Gasteiger charge is 2.28. The molecule has 0 aromatic rings. The molecule has 3 N–H and O–H groups in total. The van der Waals surface area contributed by atoms with Gasteiger partial charge in [0.2, 0.25) is 5.91 Å². The maximum absolute atomic E-state index is 12.3. The maximum Gasteiger partial charge on any atom is 0.321 e. The third-order valence-electron chi connectivity index (χ3n) is 4.39. The van der Waals surface area contributed by atoms with Crippen molar-refractivity contribution in [2.24, 2.45) is 0 Å². The fourth-order valence-corrected chi connectivity index (χ4v) is 3.03. The molecule has 0 spiro atoms. The predicted octanol–water partition coefficient (Wildman–Crippen LogP) is 1.29. The Kier molecular flexibility index (Phi) is 10.1.